The van der Waals surface area contributed by atoms with Gasteiger partial charge in [0.2, 0.25) is 0 Å². The molecule has 0 spiro atoms. The highest BCUT2D eigenvalue weighted by molar-refractivity contribution is 5.84. The number of pyridine rings is 2. The fraction of sp³-hybridized carbons (Fsp3) is 0.268. The molecule has 0 amide bonds. The van der Waals surface area contributed by atoms with Gasteiger partial charge in [-0.1, -0.05) is 70.2 Å². The molecule has 3 N–H and O–H groups in total. The number of hydrogen-bond acceptors (Lipinski definition) is 8. The molecule has 258 valence electrons. The van der Waals surface area contributed by atoms with Gasteiger partial charge in [0.25, 0.3) is 0 Å². The number of imidazole rings is 1. The van der Waals surface area contributed by atoms with E-state index in [1.165, 1.54) is 5.56 Å². The highest BCUT2D eigenvalue weighted by Gasteiger charge is 2.21. The summed E-state index contributed by atoms with van der Waals surface area (Å²) in [5.74, 6) is 1.72. The number of fused-ring (bicyclic) bond motifs is 1. The number of likely N-dealkylation sites (tertiary alicyclic amines) is 1. The molecule has 3 aromatic carbocycles. The Morgan fingerprint density at radius 3 is 2.30 bits per heavy atom. The summed E-state index contributed by atoms with van der Waals surface area (Å²) < 4.78 is 7.35. The van der Waals surface area contributed by atoms with Crippen molar-refractivity contribution in [1.29, 1.82) is 0 Å². The van der Waals surface area contributed by atoms with Crippen molar-refractivity contribution < 1.29 is 9.53 Å². The molecule has 1 saturated heterocycles. The zero-order valence-corrected chi connectivity index (χ0v) is 29.6. The summed E-state index contributed by atoms with van der Waals surface area (Å²) in [6.45, 7) is 10.8. The smallest absolute Gasteiger partial charge is 0.165 e. The van der Waals surface area contributed by atoms with E-state index in [0.717, 1.165) is 78.1 Å². The lowest BCUT2D eigenvalue weighted by Gasteiger charge is -2.33. The van der Waals surface area contributed by atoms with Gasteiger partial charge >= 0.3 is 0 Å². The summed E-state index contributed by atoms with van der Waals surface area (Å²) in [6, 6.07) is 32.6. The first-order valence-corrected chi connectivity index (χ1v) is 17.5. The van der Waals surface area contributed by atoms with E-state index in [1.807, 2.05) is 88.4 Å². The lowest BCUT2D eigenvalue weighted by molar-refractivity contribution is 0.112. The number of methoxy groups -OCH3 is 1. The van der Waals surface area contributed by atoms with Crippen LogP contribution in [-0.2, 0) is 6.54 Å². The van der Waals surface area contributed by atoms with Gasteiger partial charge < -0.3 is 15.8 Å². The zero-order chi connectivity index (χ0) is 35.5. The number of aromatic nitrogens is 4. The number of piperidine rings is 1. The number of nitrogen functional groups attached to an aromatic ring is 1. The van der Waals surface area contributed by atoms with Gasteiger partial charge in [-0.25, -0.2) is 15.0 Å². The summed E-state index contributed by atoms with van der Waals surface area (Å²) in [7, 11) is 1.58. The number of carbonyl (C=O) groups is 1. The van der Waals surface area contributed by atoms with Crippen molar-refractivity contribution >= 4 is 29.0 Å². The first-order valence-electron chi connectivity index (χ1n) is 17.5. The van der Waals surface area contributed by atoms with Crippen LogP contribution >= 0.6 is 0 Å². The SMILES string of the molecule is CC.CC.COc1ccc(NC2CCN(Cc3ccc(-n4c(-c5cccnc5N)nc5ccc(-c6ccccc6)nc54)cc3)CC2)cc1C=O. The van der Waals surface area contributed by atoms with E-state index in [2.05, 4.69) is 56.2 Å². The van der Waals surface area contributed by atoms with Crippen LogP contribution < -0.4 is 15.8 Å². The Morgan fingerprint density at radius 1 is 0.880 bits per heavy atom. The number of aldehydes is 1. The van der Waals surface area contributed by atoms with Crippen molar-refractivity contribution in [2.24, 2.45) is 0 Å². The van der Waals surface area contributed by atoms with Crippen LogP contribution in [0.2, 0.25) is 0 Å². The van der Waals surface area contributed by atoms with Gasteiger partial charge in [-0.3, -0.25) is 14.3 Å². The largest absolute Gasteiger partial charge is 0.496 e. The predicted octanol–water partition coefficient (Wildman–Crippen LogP) is 8.68. The van der Waals surface area contributed by atoms with Gasteiger partial charge in [-0.2, -0.15) is 0 Å². The molecule has 4 heterocycles. The third-order valence-corrected chi connectivity index (χ3v) is 8.57. The van der Waals surface area contributed by atoms with Crippen LogP contribution in [0.5, 0.6) is 5.75 Å². The van der Waals surface area contributed by atoms with Crippen molar-refractivity contribution in [3.8, 4) is 34.1 Å². The Morgan fingerprint density at radius 2 is 1.62 bits per heavy atom. The lowest BCUT2D eigenvalue weighted by atomic mass is 10.0. The molecule has 3 aromatic heterocycles. The Hall–Kier alpha value is -5.54. The van der Waals surface area contributed by atoms with Gasteiger partial charge in [0, 0.05) is 48.8 Å². The minimum Gasteiger partial charge on any atom is -0.496 e. The second-order valence-corrected chi connectivity index (χ2v) is 11.5. The first-order chi connectivity index (χ1) is 24.6. The molecular weight excluding hydrogens is 622 g/mol. The minimum atomic E-state index is 0.354. The highest BCUT2D eigenvalue weighted by Crippen LogP contribution is 2.32. The van der Waals surface area contributed by atoms with Crippen molar-refractivity contribution in [3.05, 3.63) is 114 Å². The Bertz CT molecular complexity index is 1980. The number of benzene rings is 3. The van der Waals surface area contributed by atoms with Crippen LogP contribution in [0.3, 0.4) is 0 Å². The second kappa shape index (κ2) is 17.2. The third-order valence-electron chi connectivity index (χ3n) is 8.57. The molecule has 0 aliphatic carbocycles. The van der Waals surface area contributed by atoms with Crippen LogP contribution in [0, 0.1) is 0 Å². The average Bonchev–Trinajstić information content (AvgIpc) is 3.56. The van der Waals surface area contributed by atoms with Gasteiger partial charge in [-0.15, -0.1) is 0 Å². The monoisotopic (exact) mass is 669 g/mol. The Balaban J connectivity index is 0.00000117. The van der Waals surface area contributed by atoms with Crippen molar-refractivity contribution in [1.82, 2.24) is 24.4 Å². The number of nitrogens with one attached hydrogen (secondary N) is 1. The molecule has 0 bridgehead atoms. The topological polar surface area (TPSA) is 111 Å². The number of carbonyl (C=O) groups excluding carboxylic acids is 1. The predicted molar refractivity (Wildman–Crippen MR) is 205 cm³/mol. The van der Waals surface area contributed by atoms with E-state index >= 15 is 0 Å². The molecule has 0 atom stereocenters. The molecule has 1 aliphatic heterocycles. The first kappa shape index (κ1) is 35.8. The average molecular weight is 670 g/mol. The molecule has 9 nitrogen and oxygen atoms in total. The number of ether oxygens (including phenoxy) is 1. The molecule has 0 saturated carbocycles. The van der Waals surface area contributed by atoms with Gasteiger partial charge in [-0.05, 0) is 73.0 Å². The van der Waals surface area contributed by atoms with Gasteiger partial charge in [0.1, 0.15) is 17.1 Å². The lowest BCUT2D eigenvalue weighted by Crippen LogP contribution is -2.38. The van der Waals surface area contributed by atoms with Gasteiger partial charge in [0.05, 0.1) is 23.9 Å². The van der Waals surface area contributed by atoms with E-state index in [9.17, 15) is 4.79 Å². The van der Waals surface area contributed by atoms with E-state index in [-0.39, 0.29) is 0 Å². The van der Waals surface area contributed by atoms with Crippen molar-refractivity contribution in [3.63, 3.8) is 0 Å². The second-order valence-electron chi connectivity index (χ2n) is 11.5. The Kier molecular flexibility index (Phi) is 12.3. The number of hydrogen-bond donors (Lipinski definition) is 2. The molecule has 0 radical (unpaired) electrons. The van der Waals surface area contributed by atoms with Crippen LogP contribution in [0.25, 0.3) is 39.5 Å². The van der Waals surface area contributed by atoms with Crippen LogP contribution in [0.15, 0.2) is 103 Å². The molecule has 50 heavy (non-hydrogen) atoms. The fourth-order valence-electron chi connectivity index (χ4n) is 6.15. The van der Waals surface area contributed by atoms with E-state index in [4.69, 9.17) is 20.4 Å². The minimum absolute atomic E-state index is 0.354. The van der Waals surface area contributed by atoms with E-state index in [1.54, 1.807) is 13.3 Å². The molecule has 9 heteroatoms. The normalized spacial score (nSPS) is 13.1. The maximum Gasteiger partial charge on any atom is 0.165 e. The van der Waals surface area contributed by atoms with Crippen molar-refractivity contribution in [2.75, 3.05) is 31.2 Å². The van der Waals surface area contributed by atoms with Crippen LogP contribution in [-0.4, -0.2) is 56.9 Å². The molecule has 1 fully saturated rings. The fourth-order valence-corrected chi connectivity index (χ4v) is 6.15. The quantitative estimate of drug-likeness (QED) is 0.147. The number of nitrogens with two attached hydrogens (primary N) is 1. The molecule has 6 aromatic rings. The summed E-state index contributed by atoms with van der Waals surface area (Å²) >= 11 is 0. The van der Waals surface area contributed by atoms with Gasteiger partial charge in [0.15, 0.2) is 17.8 Å². The molecule has 1 aliphatic rings. The summed E-state index contributed by atoms with van der Waals surface area (Å²) in [6.07, 6.45) is 4.56. The number of anilines is 2. The number of nitrogens with zero attached hydrogens (tertiary/aromatic N) is 5. The van der Waals surface area contributed by atoms with Crippen LogP contribution in [0.1, 0.15) is 56.5 Å². The molecule has 7 rings (SSSR count). The molecule has 0 unspecified atom stereocenters. The standard InChI is InChI=1S/C37H35N7O2.2C2H6/c1-46-34-16-11-29(22-27(34)24-45)40-28-17-20-43(21-18-28)23-25-9-12-30(13-10-25)44-36(31-8-5-19-39-35(31)38)42-33-15-14-32(41-37(33)44)26-6-3-2-4-7-26;2*1-2/h2-16,19,22,24,28,40H,17-18,20-21,23H2,1H3,(H2,38,39);2*1-2H3. The summed E-state index contributed by atoms with van der Waals surface area (Å²) in [4.78, 5) is 28.3. The molecular formula is C41H47N7O2. The van der Waals surface area contributed by atoms with Crippen LogP contribution in [0.4, 0.5) is 11.5 Å². The third kappa shape index (κ3) is 8.01. The highest BCUT2D eigenvalue weighted by atomic mass is 16.5. The van der Waals surface area contributed by atoms with Crippen molar-refractivity contribution in [2.45, 2.75) is 53.1 Å². The summed E-state index contributed by atoms with van der Waals surface area (Å²) in [5, 5.41) is 3.60. The van der Waals surface area contributed by atoms with E-state index < -0.39 is 0 Å². The maximum atomic E-state index is 11.4. The maximum absolute atomic E-state index is 11.4. The van der Waals surface area contributed by atoms with E-state index in [0.29, 0.717) is 29.0 Å². The number of rotatable bonds is 9. The Labute approximate surface area is 295 Å². The summed E-state index contributed by atoms with van der Waals surface area (Å²) in [5.41, 5.74) is 14.3. The zero-order valence-electron chi connectivity index (χ0n) is 29.6.